The predicted octanol–water partition coefficient (Wildman–Crippen LogP) is 2.08. The van der Waals surface area contributed by atoms with Crippen LogP contribution in [-0.2, 0) is 0 Å². The molecule has 1 aromatic heterocycles. The molecule has 0 bridgehead atoms. The number of rotatable bonds is 0. The summed E-state index contributed by atoms with van der Waals surface area (Å²) < 4.78 is 2.60. The van der Waals surface area contributed by atoms with Gasteiger partial charge in [-0.25, -0.2) is 0 Å². The third-order valence-electron chi connectivity index (χ3n) is 1.88. The van der Waals surface area contributed by atoms with Gasteiger partial charge < -0.3 is 0 Å². The Morgan fingerprint density at radius 2 is 2.08 bits per heavy atom. The molecule has 0 spiro atoms. The first-order chi connectivity index (χ1) is 5.83. The van der Waals surface area contributed by atoms with Crippen molar-refractivity contribution in [2.45, 2.75) is 6.92 Å². The number of nitrogens with zero attached hydrogens (tertiary/aromatic N) is 1. The van der Waals surface area contributed by atoms with Crippen LogP contribution < -0.4 is 0 Å². The Labute approximate surface area is 77.0 Å². The molecule has 12 heavy (non-hydrogen) atoms. The zero-order chi connectivity index (χ0) is 8.55. The monoisotopic (exact) mass is 221 g/mol. The predicted molar refractivity (Wildman–Crippen MR) is 50.3 cm³/mol. The first kappa shape index (κ1) is 7.61. The number of fused-ring (bicyclic) bond motifs is 1. The molecule has 0 N–H and O–H groups in total. The fraction of sp³-hybridized carbons (Fsp3) is 0.100. The maximum absolute atomic E-state index is 8.89. The molecule has 0 aliphatic rings. The Morgan fingerprint density at radius 3 is 2.83 bits per heavy atom. The van der Waals surface area contributed by atoms with Crippen LogP contribution in [0, 0.1) is 18.3 Å². The van der Waals surface area contributed by atoms with E-state index >= 15 is 0 Å². The Balaban J connectivity index is 2.93. The van der Waals surface area contributed by atoms with Gasteiger partial charge in [-0.05, 0) is 0 Å². The van der Waals surface area contributed by atoms with E-state index in [0.717, 1.165) is 10.9 Å². The molecule has 1 aromatic carbocycles. The summed E-state index contributed by atoms with van der Waals surface area (Å²) in [5.41, 5.74) is 0.894. The zero-order valence-corrected chi connectivity index (χ0v) is 8.38. The fourth-order valence-electron chi connectivity index (χ4n) is 1.31. The van der Waals surface area contributed by atoms with Crippen LogP contribution in [-0.4, -0.2) is 14.5 Å². The van der Waals surface area contributed by atoms with Gasteiger partial charge >= 0.3 is 76.7 Å². The van der Waals surface area contributed by atoms with Gasteiger partial charge in [0.25, 0.3) is 0 Å². The summed E-state index contributed by atoms with van der Waals surface area (Å²) in [7, 11) is 0. The molecule has 1 heterocycles. The molecule has 0 fully saturated rings. The van der Waals surface area contributed by atoms with Gasteiger partial charge in [0.05, 0.1) is 0 Å². The van der Waals surface area contributed by atoms with Crippen LogP contribution in [0.2, 0.25) is 0 Å². The summed E-state index contributed by atoms with van der Waals surface area (Å²) >= 11 is 0.391. The molecule has 0 amide bonds. The van der Waals surface area contributed by atoms with Crippen LogP contribution in [0.5, 0.6) is 0 Å². The minimum absolute atomic E-state index is 0.391. The number of hydrogen-bond donors (Lipinski definition) is 0. The van der Waals surface area contributed by atoms with Crippen molar-refractivity contribution in [2.75, 3.05) is 0 Å². The molecular formula is C10H7NSe. The number of aryl methyl sites for hydroxylation is 1. The molecule has 58 valence electrons. The summed E-state index contributed by atoms with van der Waals surface area (Å²) in [4.78, 5) is 0. The molecular weight excluding hydrogens is 213 g/mol. The SMILES string of the molecule is Cc1[se]c2ccccc2c1C#N. The van der Waals surface area contributed by atoms with Crippen LogP contribution in [0.3, 0.4) is 0 Å². The van der Waals surface area contributed by atoms with Gasteiger partial charge in [0.1, 0.15) is 0 Å². The molecule has 0 aliphatic heterocycles. The Morgan fingerprint density at radius 1 is 1.33 bits per heavy atom. The van der Waals surface area contributed by atoms with E-state index in [1.807, 2.05) is 18.2 Å². The minimum atomic E-state index is 0.391. The van der Waals surface area contributed by atoms with Gasteiger partial charge in [-0.2, -0.15) is 0 Å². The normalized spacial score (nSPS) is 10.0. The van der Waals surface area contributed by atoms with Crippen molar-refractivity contribution >= 4 is 24.1 Å². The molecule has 2 heteroatoms. The van der Waals surface area contributed by atoms with E-state index in [0.29, 0.717) is 14.5 Å². The van der Waals surface area contributed by atoms with Gasteiger partial charge in [-0.1, -0.05) is 0 Å². The van der Waals surface area contributed by atoms with Crippen LogP contribution in [0.4, 0.5) is 0 Å². The average molecular weight is 220 g/mol. The maximum atomic E-state index is 8.89. The van der Waals surface area contributed by atoms with Crippen molar-refractivity contribution in [2.24, 2.45) is 0 Å². The summed E-state index contributed by atoms with van der Waals surface area (Å²) in [6.45, 7) is 2.05. The summed E-state index contributed by atoms with van der Waals surface area (Å²) in [5.74, 6) is 0. The summed E-state index contributed by atoms with van der Waals surface area (Å²) in [6.07, 6.45) is 0. The van der Waals surface area contributed by atoms with Crippen molar-refractivity contribution in [1.82, 2.24) is 0 Å². The fourth-order valence-corrected chi connectivity index (χ4v) is 3.43. The molecule has 0 saturated carbocycles. The topological polar surface area (TPSA) is 23.8 Å². The van der Waals surface area contributed by atoms with Gasteiger partial charge in [-0.3, -0.25) is 0 Å². The average Bonchev–Trinajstić information content (AvgIpc) is 2.40. The van der Waals surface area contributed by atoms with Crippen molar-refractivity contribution < 1.29 is 0 Å². The Kier molecular flexibility index (Phi) is 1.77. The van der Waals surface area contributed by atoms with E-state index in [1.165, 1.54) is 8.70 Å². The van der Waals surface area contributed by atoms with Gasteiger partial charge in [0.15, 0.2) is 0 Å². The first-order valence-corrected chi connectivity index (χ1v) is 5.42. The third kappa shape index (κ3) is 0.992. The number of hydrogen-bond acceptors (Lipinski definition) is 1. The molecule has 0 saturated heterocycles. The van der Waals surface area contributed by atoms with Crippen LogP contribution in [0.25, 0.3) is 9.65 Å². The second kappa shape index (κ2) is 2.79. The van der Waals surface area contributed by atoms with Crippen molar-refractivity contribution in [3.63, 3.8) is 0 Å². The van der Waals surface area contributed by atoms with E-state index in [1.54, 1.807) is 0 Å². The molecule has 2 aromatic rings. The van der Waals surface area contributed by atoms with E-state index in [9.17, 15) is 0 Å². The van der Waals surface area contributed by atoms with Gasteiger partial charge in [0.2, 0.25) is 0 Å². The third-order valence-corrected chi connectivity index (χ3v) is 4.16. The van der Waals surface area contributed by atoms with Gasteiger partial charge in [-0.15, -0.1) is 0 Å². The first-order valence-electron chi connectivity index (χ1n) is 3.71. The van der Waals surface area contributed by atoms with E-state index in [4.69, 9.17) is 5.26 Å². The van der Waals surface area contributed by atoms with E-state index in [2.05, 4.69) is 19.1 Å². The molecule has 0 unspecified atom stereocenters. The number of nitriles is 1. The van der Waals surface area contributed by atoms with Crippen molar-refractivity contribution in [3.05, 3.63) is 34.3 Å². The van der Waals surface area contributed by atoms with Crippen LogP contribution in [0.1, 0.15) is 10.0 Å². The molecule has 1 nitrogen and oxygen atoms in total. The summed E-state index contributed by atoms with van der Waals surface area (Å²) in [6, 6.07) is 10.4. The van der Waals surface area contributed by atoms with Crippen LogP contribution >= 0.6 is 0 Å². The van der Waals surface area contributed by atoms with Crippen molar-refractivity contribution in [3.8, 4) is 6.07 Å². The molecule has 0 radical (unpaired) electrons. The second-order valence-corrected chi connectivity index (χ2v) is 5.28. The van der Waals surface area contributed by atoms with Crippen LogP contribution in [0.15, 0.2) is 24.3 Å². The standard InChI is InChI=1S/C10H7NSe/c1-7-9(6-11)8-4-2-3-5-10(8)12-7/h2-5H,1H3. The van der Waals surface area contributed by atoms with Gasteiger partial charge in [0, 0.05) is 0 Å². The quantitative estimate of drug-likeness (QED) is 0.623. The number of benzene rings is 1. The van der Waals surface area contributed by atoms with Crippen molar-refractivity contribution in [1.29, 1.82) is 5.26 Å². The molecule has 2 rings (SSSR count). The molecule has 0 atom stereocenters. The zero-order valence-electron chi connectivity index (χ0n) is 6.66. The Bertz CT molecular complexity index is 462. The molecule has 0 aliphatic carbocycles. The van der Waals surface area contributed by atoms with E-state index in [-0.39, 0.29) is 0 Å². The second-order valence-electron chi connectivity index (χ2n) is 2.64. The summed E-state index contributed by atoms with van der Waals surface area (Å²) in [5, 5.41) is 10.0. The Hall–Kier alpha value is -1.03. The van der Waals surface area contributed by atoms with E-state index < -0.39 is 0 Å².